The van der Waals surface area contributed by atoms with Gasteiger partial charge in [0.1, 0.15) is 17.2 Å². The van der Waals surface area contributed by atoms with Gasteiger partial charge in [-0.25, -0.2) is 10.4 Å². The molecule has 0 bridgehead atoms. The van der Waals surface area contributed by atoms with E-state index in [2.05, 4.69) is 17.5 Å². The van der Waals surface area contributed by atoms with Crippen LogP contribution in [0.25, 0.3) is 22.2 Å². The molecule has 0 atom stereocenters. The molecule has 1 heterocycles. The molecule has 3 aromatic carbocycles. The maximum atomic E-state index is 13.2. The van der Waals surface area contributed by atoms with E-state index in [4.69, 9.17) is 19.2 Å². The standard InChI is InChI=1S/C29H29N3O4/c1-4-5-16-36-22-13-10-20(11-14-22)27-18-25(24-8-6-7-9-26(24)31-27)29(33)32-30-19-21-12-15-23(34-2)17-28(21)35-3/h6-15,17-19H,4-5,16H2,1-3H3,(H,32,33)/b30-19-. The molecule has 0 radical (unpaired) electrons. The lowest BCUT2D eigenvalue weighted by Crippen LogP contribution is -2.18. The predicted octanol–water partition coefficient (Wildman–Crippen LogP) is 5.86. The van der Waals surface area contributed by atoms with E-state index in [0.29, 0.717) is 34.9 Å². The predicted molar refractivity (Wildman–Crippen MR) is 142 cm³/mol. The number of unbranched alkanes of at least 4 members (excludes halogenated alkanes) is 1. The van der Waals surface area contributed by atoms with Gasteiger partial charge in [-0.2, -0.15) is 5.10 Å². The van der Waals surface area contributed by atoms with Gasteiger partial charge in [-0.05, 0) is 55.0 Å². The fourth-order valence-electron chi connectivity index (χ4n) is 3.71. The third-order valence-corrected chi connectivity index (χ3v) is 5.69. The van der Waals surface area contributed by atoms with Gasteiger partial charge < -0.3 is 14.2 Å². The molecule has 7 heteroatoms. The molecule has 7 nitrogen and oxygen atoms in total. The molecule has 1 amide bonds. The fourth-order valence-corrected chi connectivity index (χ4v) is 3.71. The van der Waals surface area contributed by atoms with Crippen molar-refractivity contribution in [3.63, 3.8) is 0 Å². The Morgan fingerprint density at radius 2 is 1.75 bits per heavy atom. The minimum Gasteiger partial charge on any atom is -0.497 e. The maximum Gasteiger partial charge on any atom is 0.272 e. The summed E-state index contributed by atoms with van der Waals surface area (Å²) in [6.07, 6.45) is 3.64. The van der Waals surface area contributed by atoms with E-state index in [9.17, 15) is 4.79 Å². The topological polar surface area (TPSA) is 82.0 Å². The lowest BCUT2D eigenvalue weighted by molar-refractivity contribution is 0.0956. The Balaban J connectivity index is 1.58. The van der Waals surface area contributed by atoms with Gasteiger partial charge in [0.05, 0.1) is 43.8 Å². The van der Waals surface area contributed by atoms with E-state index in [0.717, 1.165) is 35.1 Å². The van der Waals surface area contributed by atoms with Crippen molar-refractivity contribution in [1.82, 2.24) is 10.4 Å². The van der Waals surface area contributed by atoms with Gasteiger partial charge in [0, 0.05) is 22.6 Å². The van der Waals surface area contributed by atoms with Crippen molar-refractivity contribution in [2.45, 2.75) is 19.8 Å². The Kier molecular flexibility index (Phi) is 8.13. The Morgan fingerprint density at radius 1 is 0.972 bits per heavy atom. The number of para-hydroxylation sites is 1. The first-order valence-electron chi connectivity index (χ1n) is 11.8. The van der Waals surface area contributed by atoms with Gasteiger partial charge in [-0.3, -0.25) is 4.79 Å². The largest absolute Gasteiger partial charge is 0.497 e. The average molecular weight is 484 g/mol. The van der Waals surface area contributed by atoms with Gasteiger partial charge in [0.2, 0.25) is 0 Å². The minimum absolute atomic E-state index is 0.335. The number of aromatic nitrogens is 1. The number of carbonyl (C=O) groups is 1. The number of benzene rings is 3. The molecule has 0 unspecified atom stereocenters. The first-order chi connectivity index (χ1) is 17.6. The van der Waals surface area contributed by atoms with Gasteiger partial charge in [0.15, 0.2) is 0 Å². The normalized spacial score (nSPS) is 11.0. The van der Waals surface area contributed by atoms with Crippen LogP contribution in [0.2, 0.25) is 0 Å². The third-order valence-electron chi connectivity index (χ3n) is 5.69. The maximum absolute atomic E-state index is 13.2. The monoisotopic (exact) mass is 483 g/mol. The molecule has 4 aromatic rings. The highest BCUT2D eigenvalue weighted by Gasteiger charge is 2.14. The molecule has 0 aliphatic carbocycles. The molecule has 0 aliphatic rings. The van der Waals surface area contributed by atoms with Crippen LogP contribution in [-0.2, 0) is 0 Å². The third kappa shape index (κ3) is 5.81. The zero-order chi connectivity index (χ0) is 25.3. The second-order valence-corrected chi connectivity index (χ2v) is 8.11. The van der Waals surface area contributed by atoms with Crippen LogP contribution in [0, 0.1) is 0 Å². The number of amides is 1. The highest BCUT2D eigenvalue weighted by atomic mass is 16.5. The van der Waals surface area contributed by atoms with Crippen molar-refractivity contribution in [3.05, 3.63) is 83.9 Å². The molecule has 0 aliphatic heterocycles. The van der Waals surface area contributed by atoms with Gasteiger partial charge in [0.25, 0.3) is 5.91 Å². The summed E-state index contributed by atoms with van der Waals surface area (Å²) in [5, 5.41) is 4.90. The zero-order valence-corrected chi connectivity index (χ0v) is 20.7. The van der Waals surface area contributed by atoms with Crippen LogP contribution < -0.4 is 19.6 Å². The molecule has 4 rings (SSSR count). The van der Waals surface area contributed by atoms with E-state index in [1.54, 1.807) is 32.4 Å². The Morgan fingerprint density at radius 3 is 2.50 bits per heavy atom. The number of fused-ring (bicyclic) bond motifs is 1. The number of nitrogens with one attached hydrogen (secondary N) is 1. The van der Waals surface area contributed by atoms with Crippen LogP contribution in [0.4, 0.5) is 0 Å². The van der Waals surface area contributed by atoms with Crippen molar-refractivity contribution in [1.29, 1.82) is 0 Å². The van der Waals surface area contributed by atoms with Crippen LogP contribution in [0.15, 0.2) is 77.9 Å². The highest BCUT2D eigenvalue weighted by molar-refractivity contribution is 6.07. The zero-order valence-electron chi connectivity index (χ0n) is 20.7. The number of rotatable bonds is 10. The van der Waals surface area contributed by atoms with Crippen LogP contribution in [-0.4, -0.2) is 37.9 Å². The number of ether oxygens (including phenoxy) is 3. The van der Waals surface area contributed by atoms with E-state index in [1.807, 2.05) is 54.6 Å². The quantitative estimate of drug-likeness (QED) is 0.174. The van der Waals surface area contributed by atoms with E-state index >= 15 is 0 Å². The fraction of sp³-hybridized carbons (Fsp3) is 0.207. The Hall–Kier alpha value is -4.39. The first kappa shape index (κ1) is 24.7. The molecule has 1 aromatic heterocycles. The number of hydrogen-bond donors (Lipinski definition) is 1. The lowest BCUT2D eigenvalue weighted by atomic mass is 10.0. The van der Waals surface area contributed by atoms with Crippen molar-refractivity contribution >= 4 is 23.0 Å². The molecular weight excluding hydrogens is 454 g/mol. The number of hydrazone groups is 1. The average Bonchev–Trinajstić information content (AvgIpc) is 2.93. The molecule has 0 saturated heterocycles. The molecule has 36 heavy (non-hydrogen) atoms. The Labute approximate surface area is 210 Å². The van der Waals surface area contributed by atoms with Crippen molar-refractivity contribution in [3.8, 4) is 28.5 Å². The summed E-state index contributed by atoms with van der Waals surface area (Å²) in [7, 11) is 3.16. The summed E-state index contributed by atoms with van der Waals surface area (Å²) in [5.41, 5.74) is 6.14. The summed E-state index contributed by atoms with van der Waals surface area (Å²) in [4.78, 5) is 17.9. The van der Waals surface area contributed by atoms with E-state index in [1.165, 1.54) is 6.21 Å². The number of hydrogen-bond acceptors (Lipinski definition) is 6. The van der Waals surface area contributed by atoms with Crippen molar-refractivity contribution in [2.24, 2.45) is 5.10 Å². The van der Waals surface area contributed by atoms with Crippen LogP contribution in [0.1, 0.15) is 35.7 Å². The summed E-state index contributed by atoms with van der Waals surface area (Å²) in [6, 6.07) is 22.5. The number of nitrogens with zero attached hydrogens (tertiary/aromatic N) is 2. The van der Waals surface area contributed by atoms with Crippen LogP contribution in [0.3, 0.4) is 0 Å². The van der Waals surface area contributed by atoms with Crippen LogP contribution >= 0.6 is 0 Å². The number of carbonyl (C=O) groups excluding carboxylic acids is 1. The lowest BCUT2D eigenvalue weighted by Gasteiger charge is -2.10. The summed E-state index contributed by atoms with van der Waals surface area (Å²) in [6.45, 7) is 2.82. The summed E-state index contributed by atoms with van der Waals surface area (Å²) in [5.74, 6) is 1.74. The van der Waals surface area contributed by atoms with Gasteiger partial charge in [-0.15, -0.1) is 0 Å². The second kappa shape index (κ2) is 11.8. The SMILES string of the molecule is CCCCOc1ccc(-c2cc(C(=O)N/N=C\c3ccc(OC)cc3OC)c3ccccc3n2)cc1. The molecule has 184 valence electrons. The summed E-state index contributed by atoms with van der Waals surface area (Å²) < 4.78 is 16.4. The minimum atomic E-state index is -0.335. The van der Waals surface area contributed by atoms with Crippen molar-refractivity contribution in [2.75, 3.05) is 20.8 Å². The molecular formula is C29H29N3O4. The van der Waals surface area contributed by atoms with Crippen molar-refractivity contribution < 1.29 is 19.0 Å². The smallest absolute Gasteiger partial charge is 0.272 e. The van der Waals surface area contributed by atoms with Crippen LogP contribution in [0.5, 0.6) is 17.2 Å². The molecule has 0 fully saturated rings. The van der Waals surface area contributed by atoms with E-state index < -0.39 is 0 Å². The van der Waals surface area contributed by atoms with Gasteiger partial charge >= 0.3 is 0 Å². The second-order valence-electron chi connectivity index (χ2n) is 8.11. The molecule has 0 saturated carbocycles. The number of methoxy groups -OCH3 is 2. The molecule has 0 spiro atoms. The first-order valence-corrected chi connectivity index (χ1v) is 11.8. The highest BCUT2D eigenvalue weighted by Crippen LogP contribution is 2.27. The number of pyridine rings is 1. The van der Waals surface area contributed by atoms with E-state index in [-0.39, 0.29) is 5.91 Å². The Bertz CT molecular complexity index is 1370. The molecule has 1 N–H and O–H groups in total. The van der Waals surface area contributed by atoms with Gasteiger partial charge in [-0.1, -0.05) is 31.5 Å². The summed E-state index contributed by atoms with van der Waals surface area (Å²) >= 11 is 0.